The molecule has 0 fully saturated rings. The van der Waals surface area contributed by atoms with Crippen LogP contribution < -0.4 is 15.9 Å². The molecule has 4 aromatic carbocycles. The van der Waals surface area contributed by atoms with E-state index in [0.29, 0.717) is 0 Å². The maximum Gasteiger partial charge on any atom is -0.00725 e. The summed E-state index contributed by atoms with van der Waals surface area (Å²) in [7, 11) is -0.603. The van der Waals surface area contributed by atoms with Crippen LogP contribution in [0.25, 0.3) is 11.1 Å². The van der Waals surface area contributed by atoms with Crippen LogP contribution in [0.5, 0.6) is 0 Å². The zero-order chi connectivity index (χ0) is 17.8. The number of rotatable bonds is 4. The second-order valence-corrected chi connectivity index (χ2v) is 8.52. The predicted molar refractivity (Wildman–Crippen MR) is 115 cm³/mol. The molecular weight excluding hydrogens is 331 g/mol. The first-order valence-electron chi connectivity index (χ1n) is 8.90. The van der Waals surface area contributed by atoms with Crippen LogP contribution in [0.1, 0.15) is 5.56 Å². The lowest BCUT2D eigenvalue weighted by Crippen LogP contribution is -2.22. The Bertz CT molecular complexity index is 951. The number of benzene rings is 4. The molecule has 0 bridgehead atoms. The van der Waals surface area contributed by atoms with Crippen LogP contribution in [0.3, 0.4) is 0 Å². The van der Waals surface area contributed by atoms with Gasteiger partial charge in [0.25, 0.3) is 0 Å². The van der Waals surface area contributed by atoms with Gasteiger partial charge in [-0.05, 0) is 47.4 Å². The lowest BCUT2D eigenvalue weighted by molar-refractivity contribution is 1.47. The van der Waals surface area contributed by atoms with Crippen LogP contribution in [0, 0.1) is 6.92 Å². The Labute approximate surface area is 156 Å². The van der Waals surface area contributed by atoms with Gasteiger partial charge in [0, 0.05) is 0 Å². The van der Waals surface area contributed by atoms with Gasteiger partial charge in [-0.15, -0.1) is 0 Å². The maximum atomic E-state index is 2.30. The monoisotopic (exact) mass is 352 g/mol. The first kappa shape index (κ1) is 16.8. The van der Waals surface area contributed by atoms with Crippen molar-refractivity contribution in [3.8, 4) is 11.1 Å². The second kappa shape index (κ2) is 7.68. The van der Waals surface area contributed by atoms with E-state index >= 15 is 0 Å². The van der Waals surface area contributed by atoms with Gasteiger partial charge in [-0.3, -0.25) is 0 Å². The fourth-order valence-electron chi connectivity index (χ4n) is 3.35. The molecule has 4 aromatic rings. The summed E-state index contributed by atoms with van der Waals surface area (Å²) >= 11 is 0. The molecule has 0 atom stereocenters. The summed E-state index contributed by atoms with van der Waals surface area (Å²) in [6.45, 7) is 2.19. The molecule has 26 heavy (non-hydrogen) atoms. The third kappa shape index (κ3) is 3.34. The molecule has 0 aliphatic carbocycles. The average Bonchev–Trinajstić information content (AvgIpc) is 2.71. The molecule has 0 aliphatic rings. The summed E-state index contributed by atoms with van der Waals surface area (Å²) in [4.78, 5) is 0. The Kier molecular flexibility index (Phi) is 4.95. The quantitative estimate of drug-likeness (QED) is 0.430. The zero-order valence-electron chi connectivity index (χ0n) is 14.8. The topological polar surface area (TPSA) is 0 Å². The molecule has 0 heterocycles. The maximum absolute atomic E-state index is 2.30. The summed E-state index contributed by atoms with van der Waals surface area (Å²) in [6.07, 6.45) is 0. The van der Waals surface area contributed by atoms with Crippen LogP contribution >= 0.6 is 7.92 Å². The van der Waals surface area contributed by atoms with E-state index in [0.717, 1.165) is 0 Å². The normalized spacial score (nSPS) is 10.8. The van der Waals surface area contributed by atoms with Crippen LogP contribution in [-0.2, 0) is 0 Å². The minimum atomic E-state index is -0.603. The van der Waals surface area contributed by atoms with Gasteiger partial charge in [-0.25, -0.2) is 0 Å². The molecule has 1 heteroatoms. The van der Waals surface area contributed by atoms with E-state index in [9.17, 15) is 0 Å². The second-order valence-electron chi connectivity index (χ2n) is 6.34. The van der Waals surface area contributed by atoms with Gasteiger partial charge < -0.3 is 0 Å². The summed E-state index contributed by atoms with van der Waals surface area (Å²) in [5.41, 5.74) is 3.97. The molecule has 0 aliphatic heterocycles. The van der Waals surface area contributed by atoms with Crippen molar-refractivity contribution in [3.05, 3.63) is 115 Å². The van der Waals surface area contributed by atoms with Gasteiger partial charge in [0.15, 0.2) is 0 Å². The molecule has 0 saturated heterocycles. The number of hydrogen-bond acceptors (Lipinski definition) is 0. The summed E-state index contributed by atoms with van der Waals surface area (Å²) in [5.74, 6) is 0. The van der Waals surface area contributed by atoms with Crippen molar-refractivity contribution >= 4 is 23.8 Å². The number of aryl methyl sites for hydroxylation is 1. The molecule has 0 saturated carbocycles. The Morgan fingerprint density at radius 2 is 0.923 bits per heavy atom. The van der Waals surface area contributed by atoms with Gasteiger partial charge in [0.1, 0.15) is 0 Å². The molecule has 0 unspecified atom stereocenters. The minimum absolute atomic E-state index is 0.603. The van der Waals surface area contributed by atoms with Crippen molar-refractivity contribution in [1.29, 1.82) is 0 Å². The lowest BCUT2D eigenvalue weighted by Gasteiger charge is -2.23. The molecule has 0 radical (unpaired) electrons. The standard InChI is InChI=1S/C25H21P/c1-20-12-8-9-17-23(20)24-18-10-11-19-25(24)26(21-13-4-2-5-14-21)22-15-6-3-7-16-22/h2-19H,1H3. The molecule has 0 nitrogen and oxygen atoms in total. The van der Waals surface area contributed by atoms with E-state index < -0.39 is 7.92 Å². The highest BCUT2D eigenvalue weighted by Gasteiger charge is 2.20. The summed E-state index contributed by atoms with van der Waals surface area (Å²) in [6, 6.07) is 39.3. The molecule has 126 valence electrons. The van der Waals surface area contributed by atoms with E-state index in [1.165, 1.54) is 32.6 Å². The Hall–Kier alpha value is -2.69. The number of hydrogen-bond donors (Lipinski definition) is 0. The van der Waals surface area contributed by atoms with Crippen LogP contribution in [0.15, 0.2) is 109 Å². The van der Waals surface area contributed by atoms with Crippen LogP contribution in [-0.4, -0.2) is 0 Å². The smallest absolute Gasteiger partial charge is 0.00725 e. The fraction of sp³-hybridized carbons (Fsp3) is 0.0400. The van der Waals surface area contributed by atoms with Gasteiger partial charge >= 0.3 is 0 Å². The van der Waals surface area contributed by atoms with E-state index in [-0.39, 0.29) is 0 Å². The molecule has 0 aromatic heterocycles. The third-order valence-corrected chi connectivity index (χ3v) is 7.11. The van der Waals surface area contributed by atoms with Crippen LogP contribution in [0.2, 0.25) is 0 Å². The first-order valence-corrected chi connectivity index (χ1v) is 10.2. The zero-order valence-corrected chi connectivity index (χ0v) is 15.7. The van der Waals surface area contributed by atoms with Gasteiger partial charge in [0.05, 0.1) is 0 Å². The molecule has 0 N–H and O–H groups in total. The Balaban J connectivity index is 1.95. The Morgan fingerprint density at radius 3 is 1.50 bits per heavy atom. The third-order valence-electron chi connectivity index (χ3n) is 4.61. The average molecular weight is 352 g/mol. The molecule has 0 spiro atoms. The lowest BCUT2D eigenvalue weighted by atomic mass is 10.0. The highest BCUT2D eigenvalue weighted by Crippen LogP contribution is 2.37. The fourth-order valence-corrected chi connectivity index (χ4v) is 5.82. The molecular formula is C25H21P. The van der Waals surface area contributed by atoms with E-state index in [1.54, 1.807) is 0 Å². The van der Waals surface area contributed by atoms with E-state index in [1.807, 2.05) is 0 Å². The van der Waals surface area contributed by atoms with Crippen LogP contribution in [0.4, 0.5) is 0 Å². The molecule has 4 rings (SSSR count). The van der Waals surface area contributed by atoms with Gasteiger partial charge in [-0.2, -0.15) is 0 Å². The Morgan fingerprint density at radius 1 is 0.462 bits per heavy atom. The molecule has 0 amide bonds. The van der Waals surface area contributed by atoms with Crippen molar-refractivity contribution in [2.45, 2.75) is 6.92 Å². The van der Waals surface area contributed by atoms with E-state index in [2.05, 4.69) is 116 Å². The van der Waals surface area contributed by atoms with Gasteiger partial charge in [0.2, 0.25) is 0 Å². The largest absolute Gasteiger partial charge is 0.0622 e. The van der Waals surface area contributed by atoms with Crippen molar-refractivity contribution < 1.29 is 0 Å². The minimum Gasteiger partial charge on any atom is -0.0622 e. The van der Waals surface area contributed by atoms with Gasteiger partial charge in [-0.1, -0.05) is 109 Å². The SMILES string of the molecule is Cc1ccccc1-c1ccccc1P(c1ccccc1)c1ccccc1. The van der Waals surface area contributed by atoms with Crippen molar-refractivity contribution in [1.82, 2.24) is 0 Å². The highest BCUT2D eigenvalue weighted by molar-refractivity contribution is 7.80. The van der Waals surface area contributed by atoms with Crippen molar-refractivity contribution in [2.24, 2.45) is 0 Å². The first-order chi connectivity index (χ1) is 12.8. The summed E-state index contributed by atoms with van der Waals surface area (Å²) in [5, 5.41) is 4.18. The van der Waals surface area contributed by atoms with Crippen molar-refractivity contribution in [2.75, 3.05) is 0 Å². The van der Waals surface area contributed by atoms with E-state index in [4.69, 9.17) is 0 Å². The van der Waals surface area contributed by atoms with Crippen molar-refractivity contribution in [3.63, 3.8) is 0 Å². The predicted octanol–water partition coefficient (Wildman–Crippen LogP) is 5.42. The summed E-state index contributed by atoms with van der Waals surface area (Å²) < 4.78 is 0. The highest BCUT2D eigenvalue weighted by atomic mass is 31.1.